The normalized spacial score (nSPS) is 11.9. The molecule has 0 saturated heterocycles. The number of aromatic nitrogens is 1. The van der Waals surface area contributed by atoms with Crippen LogP contribution < -0.4 is 5.32 Å². The van der Waals surface area contributed by atoms with Crippen molar-refractivity contribution in [1.82, 2.24) is 15.2 Å². The highest BCUT2D eigenvalue weighted by molar-refractivity contribution is 7.98. The second-order valence-electron chi connectivity index (χ2n) is 6.44. The monoisotopic (exact) mass is 413 g/mol. The van der Waals surface area contributed by atoms with Crippen molar-refractivity contribution < 1.29 is 9.59 Å². The lowest BCUT2D eigenvalue weighted by molar-refractivity contribution is -0.132. The number of carbonyl (C=O) groups excluding carboxylic acids is 2. The van der Waals surface area contributed by atoms with Gasteiger partial charge in [0.1, 0.15) is 11.0 Å². The van der Waals surface area contributed by atoms with E-state index in [2.05, 4.69) is 10.3 Å². The molecule has 1 atom stereocenters. The molecule has 2 aromatic carbocycles. The number of para-hydroxylation sites is 1. The number of hydrogen-bond donors (Lipinski definition) is 1. The van der Waals surface area contributed by atoms with Crippen molar-refractivity contribution in [2.75, 3.05) is 19.1 Å². The Morgan fingerprint density at radius 2 is 1.86 bits per heavy atom. The van der Waals surface area contributed by atoms with E-state index in [1.807, 2.05) is 48.7 Å². The average Bonchev–Trinajstić information content (AvgIpc) is 3.13. The SMILES string of the molecule is CSCC[C@H](NC(=O)c1ccccc1)C(=O)N(C)Cc1nc2ccccc2s1. The molecule has 3 aromatic rings. The summed E-state index contributed by atoms with van der Waals surface area (Å²) >= 11 is 3.24. The van der Waals surface area contributed by atoms with Crippen molar-refractivity contribution in [3.05, 3.63) is 65.2 Å². The quantitative estimate of drug-likeness (QED) is 0.610. The van der Waals surface area contributed by atoms with E-state index in [-0.39, 0.29) is 11.8 Å². The summed E-state index contributed by atoms with van der Waals surface area (Å²) in [5.74, 6) is 0.464. The number of amides is 2. The van der Waals surface area contributed by atoms with Gasteiger partial charge < -0.3 is 10.2 Å². The number of thiazole rings is 1. The summed E-state index contributed by atoms with van der Waals surface area (Å²) in [4.78, 5) is 31.8. The molecule has 0 spiro atoms. The minimum atomic E-state index is -0.556. The Labute approximate surface area is 173 Å². The Morgan fingerprint density at radius 3 is 2.57 bits per heavy atom. The largest absolute Gasteiger partial charge is 0.340 e. The lowest BCUT2D eigenvalue weighted by Gasteiger charge is -2.24. The molecule has 2 amide bonds. The van der Waals surface area contributed by atoms with Crippen LogP contribution in [0.1, 0.15) is 21.8 Å². The topological polar surface area (TPSA) is 62.3 Å². The first kappa shape index (κ1) is 20.4. The molecule has 0 aliphatic carbocycles. The van der Waals surface area contributed by atoms with Crippen LogP contribution in [0.5, 0.6) is 0 Å². The molecule has 0 radical (unpaired) electrons. The fourth-order valence-corrected chi connectivity index (χ4v) is 4.35. The van der Waals surface area contributed by atoms with Gasteiger partial charge in [0.25, 0.3) is 5.91 Å². The fourth-order valence-electron chi connectivity index (χ4n) is 2.86. The number of thioether (sulfide) groups is 1. The van der Waals surface area contributed by atoms with Crippen molar-refractivity contribution in [1.29, 1.82) is 0 Å². The minimum Gasteiger partial charge on any atom is -0.340 e. The third kappa shape index (κ3) is 5.11. The Kier molecular flexibility index (Phi) is 7.06. The molecule has 28 heavy (non-hydrogen) atoms. The van der Waals surface area contributed by atoms with E-state index in [0.29, 0.717) is 18.5 Å². The number of likely N-dealkylation sites (N-methyl/N-ethyl adjacent to an activating group) is 1. The Balaban J connectivity index is 1.69. The molecule has 0 aliphatic heterocycles. The van der Waals surface area contributed by atoms with E-state index in [9.17, 15) is 9.59 Å². The molecule has 0 bridgehead atoms. The Morgan fingerprint density at radius 1 is 1.14 bits per heavy atom. The van der Waals surface area contributed by atoms with Gasteiger partial charge in [-0.25, -0.2) is 4.98 Å². The standard InChI is InChI=1S/C21H23N3O2S2/c1-24(14-19-22-16-10-6-7-11-18(16)28-19)21(26)17(12-13-27-2)23-20(25)15-8-4-3-5-9-15/h3-11,17H,12-14H2,1-2H3,(H,23,25)/t17-/m0/s1. The molecule has 1 aromatic heterocycles. The van der Waals surface area contributed by atoms with Gasteiger partial charge in [-0.3, -0.25) is 9.59 Å². The first-order chi connectivity index (χ1) is 13.6. The van der Waals surface area contributed by atoms with Gasteiger partial charge in [-0.1, -0.05) is 30.3 Å². The summed E-state index contributed by atoms with van der Waals surface area (Å²) in [5.41, 5.74) is 1.50. The second kappa shape index (κ2) is 9.71. The summed E-state index contributed by atoms with van der Waals surface area (Å²) in [6, 6.07) is 16.4. The molecule has 0 unspecified atom stereocenters. The van der Waals surface area contributed by atoms with Gasteiger partial charge in [0.2, 0.25) is 5.91 Å². The smallest absolute Gasteiger partial charge is 0.251 e. The van der Waals surface area contributed by atoms with Crippen LogP contribution in [0.2, 0.25) is 0 Å². The van der Waals surface area contributed by atoms with E-state index < -0.39 is 6.04 Å². The number of carbonyl (C=O) groups is 2. The van der Waals surface area contributed by atoms with Crippen LogP contribution in [0.15, 0.2) is 54.6 Å². The summed E-state index contributed by atoms with van der Waals surface area (Å²) in [6.07, 6.45) is 2.58. The first-order valence-electron chi connectivity index (χ1n) is 9.02. The average molecular weight is 414 g/mol. The zero-order chi connectivity index (χ0) is 19.9. The van der Waals surface area contributed by atoms with Crippen LogP contribution in [-0.4, -0.2) is 46.8 Å². The maximum absolute atomic E-state index is 13.0. The maximum atomic E-state index is 13.0. The lowest BCUT2D eigenvalue weighted by Crippen LogP contribution is -2.47. The van der Waals surface area contributed by atoms with Gasteiger partial charge in [0.15, 0.2) is 0 Å². The van der Waals surface area contributed by atoms with Crippen molar-refractivity contribution in [3.8, 4) is 0 Å². The van der Waals surface area contributed by atoms with Gasteiger partial charge in [-0.2, -0.15) is 11.8 Å². The number of hydrogen-bond acceptors (Lipinski definition) is 5. The minimum absolute atomic E-state index is 0.0995. The van der Waals surface area contributed by atoms with Gasteiger partial charge in [0.05, 0.1) is 16.8 Å². The van der Waals surface area contributed by atoms with Crippen LogP contribution in [0.3, 0.4) is 0 Å². The van der Waals surface area contributed by atoms with Crippen molar-refractivity contribution in [3.63, 3.8) is 0 Å². The van der Waals surface area contributed by atoms with E-state index >= 15 is 0 Å². The Hall–Kier alpha value is -2.38. The van der Waals surface area contributed by atoms with Gasteiger partial charge in [0, 0.05) is 12.6 Å². The lowest BCUT2D eigenvalue weighted by atomic mass is 10.1. The van der Waals surface area contributed by atoms with Crippen LogP contribution in [0.4, 0.5) is 0 Å². The van der Waals surface area contributed by atoms with E-state index in [1.54, 1.807) is 47.2 Å². The van der Waals surface area contributed by atoms with Crippen LogP contribution in [0, 0.1) is 0 Å². The molecule has 0 saturated carbocycles. The van der Waals surface area contributed by atoms with Crippen LogP contribution >= 0.6 is 23.1 Å². The third-order valence-electron chi connectivity index (χ3n) is 4.34. The molecule has 5 nitrogen and oxygen atoms in total. The van der Waals surface area contributed by atoms with E-state index in [4.69, 9.17) is 0 Å². The number of nitrogens with zero attached hydrogens (tertiary/aromatic N) is 2. The maximum Gasteiger partial charge on any atom is 0.251 e. The predicted octanol–water partition coefficient (Wildman–Crippen LogP) is 3.81. The molecular formula is C21H23N3O2S2. The molecule has 3 rings (SSSR count). The fraction of sp³-hybridized carbons (Fsp3) is 0.286. The Bertz CT molecular complexity index is 910. The number of fused-ring (bicyclic) bond motifs is 1. The summed E-state index contributed by atoms with van der Waals surface area (Å²) in [5, 5.41) is 3.78. The third-order valence-corrected chi connectivity index (χ3v) is 6.00. The second-order valence-corrected chi connectivity index (χ2v) is 8.54. The number of benzene rings is 2. The van der Waals surface area contributed by atoms with Crippen molar-refractivity contribution in [2.45, 2.75) is 19.0 Å². The molecule has 7 heteroatoms. The molecule has 146 valence electrons. The molecule has 1 N–H and O–H groups in total. The van der Waals surface area contributed by atoms with Crippen LogP contribution in [-0.2, 0) is 11.3 Å². The molecular weight excluding hydrogens is 390 g/mol. The highest BCUT2D eigenvalue weighted by atomic mass is 32.2. The van der Waals surface area contributed by atoms with E-state index in [0.717, 1.165) is 21.0 Å². The van der Waals surface area contributed by atoms with Gasteiger partial charge in [-0.15, -0.1) is 11.3 Å². The number of rotatable bonds is 8. The van der Waals surface area contributed by atoms with Gasteiger partial charge in [-0.05, 0) is 42.7 Å². The molecule has 0 aliphatic rings. The predicted molar refractivity (Wildman–Crippen MR) is 117 cm³/mol. The zero-order valence-electron chi connectivity index (χ0n) is 15.9. The van der Waals surface area contributed by atoms with Crippen molar-refractivity contribution >= 4 is 45.1 Å². The van der Waals surface area contributed by atoms with Crippen molar-refractivity contribution in [2.24, 2.45) is 0 Å². The molecule has 1 heterocycles. The van der Waals surface area contributed by atoms with Crippen LogP contribution in [0.25, 0.3) is 10.2 Å². The summed E-state index contributed by atoms with van der Waals surface area (Å²) in [7, 11) is 1.76. The first-order valence-corrected chi connectivity index (χ1v) is 11.2. The summed E-state index contributed by atoms with van der Waals surface area (Å²) in [6.45, 7) is 0.426. The number of nitrogens with one attached hydrogen (secondary N) is 1. The highest BCUT2D eigenvalue weighted by Gasteiger charge is 2.24. The highest BCUT2D eigenvalue weighted by Crippen LogP contribution is 2.22. The van der Waals surface area contributed by atoms with Gasteiger partial charge >= 0.3 is 0 Å². The zero-order valence-corrected chi connectivity index (χ0v) is 17.6. The molecule has 0 fully saturated rings. The summed E-state index contributed by atoms with van der Waals surface area (Å²) < 4.78 is 1.11. The van der Waals surface area contributed by atoms with E-state index in [1.165, 1.54) is 0 Å².